The molecule has 5 nitrogen and oxygen atoms in total. The summed E-state index contributed by atoms with van der Waals surface area (Å²) in [4.78, 5) is 11.3. The molecule has 0 saturated carbocycles. The fraction of sp³-hybridized carbons (Fsp3) is 0.200. The van der Waals surface area contributed by atoms with Crippen LogP contribution in [0.1, 0.15) is 10.4 Å². The van der Waals surface area contributed by atoms with Crippen molar-refractivity contribution in [2.75, 3.05) is 13.7 Å². The molecule has 0 aliphatic rings. The van der Waals surface area contributed by atoms with Crippen LogP contribution in [0.3, 0.4) is 0 Å². The lowest BCUT2D eigenvalue weighted by Crippen LogP contribution is -2.05. The molecule has 0 atom stereocenters. The van der Waals surface area contributed by atoms with Crippen LogP contribution in [0.2, 0.25) is 0 Å². The number of aromatic hydroxyl groups is 1. The average molecular weight is 207 g/mol. The SMILES string of the molecule is COc1ccc(O)c(C(=O)OCC#N)c1. The number of hydrogen-bond donors (Lipinski definition) is 1. The molecule has 0 amide bonds. The average Bonchev–Trinajstić information content (AvgIpc) is 2.26. The molecule has 0 aliphatic heterocycles. The molecular weight excluding hydrogens is 198 g/mol. The number of phenols is 1. The van der Waals surface area contributed by atoms with E-state index in [-0.39, 0.29) is 17.9 Å². The number of methoxy groups -OCH3 is 1. The third-order valence-corrected chi connectivity index (χ3v) is 1.69. The second kappa shape index (κ2) is 4.86. The molecule has 0 heterocycles. The number of ether oxygens (including phenoxy) is 2. The van der Waals surface area contributed by atoms with Crippen molar-refractivity contribution >= 4 is 5.97 Å². The van der Waals surface area contributed by atoms with Gasteiger partial charge in [0.25, 0.3) is 0 Å². The molecule has 0 unspecified atom stereocenters. The van der Waals surface area contributed by atoms with Crippen LogP contribution in [0.5, 0.6) is 11.5 Å². The Morgan fingerprint density at radius 1 is 1.60 bits per heavy atom. The minimum Gasteiger partial charge on any atom is -0.507 e. The first-order chi connectivity index (χ1) is 7.19. The number of rotatable bonds is 3. The molecule has 1 aromatic rings. The van der Waals surface area contributed by atoms with Crippen LogP contribution in [-0.2, 0) is 4.74 Å². The zero-order valence-electron chi connectivity index (χ0n) is 8.06. The molecule has 0 fully saturated rings. The van der Waals surface area contributed by atoms with Crippen molar-refractivity contribution in [3.8, 4) is 17.6 Å². The van der Waals surface area contributed by atoms with Gasteiger partial charge in [-0.1, -0.05) is 0 Å². The Kier molecular flexibility index (Phi) is 3.52. The van der Waals surface area contributed by atoms with E-state index in [2.05, 4.69) is 4.74 Å². The maximum atomic E-state index is 11.3. The van der Waals surface area contributed by atoms with Gasteiger partial charge in [0.15, 0.2) is 6.61 Å². The lowest BCUT2D eigenvalue weighted by molar-refractivity contribution is 0.0551. The summed E-state index contributed by atoms with van der Waals surface area (Å²) in [7, 11) is 1.44. The van der Waals surface area contributed by atoms with Gasteiger partial charge in [-0.25, -0.2) is 4.79 Å². The smallest absolute Gasteiger partial charge is 0.343 e. The Hall–Kier alpha value is -2.22. The standard InChI is InChI=1S/C10H9NO4/c1-14-7-2-3-9(12)8(6-7)10(13)15-5-4-11/h2-3,6,12H,5H2,1H3. The third kappa shape index (κ3) is 2.61. The maximum Gasteiger partial charge on any atom is 0.343 e. The van der Waals surface area contributed by atoms with Crippen molar-refractivity contribution in [3.63, 3.8) is 0 Å². The van der Waals surface area contributed by atoms with E-state index in [0.717, 1.165) is 0 Å². The number of hydrogen-bond acceptors (Lipinski definition) is 5. The Morgan fingerprint density at radius 2 is 2.33 bits per heavy atom. The van der Waals surface area contributed by atoms with E-state index >= 15 is 0 Å². The van der Waals surface area contributed by atoms with Crippen LogP contribution in [0.15, 0.2) is 18.2 Å². The summed E-state index contributed by atoms with van der Waals surface area (Å²) in [5, 5.41) is 17.6. The molecule has 0 saturated heterocycles. The first-order valence-corrected chi connectivity index (χ1v) is 4.10. The highest BCUT2D eigenvalue weighted by Crippen LogP contribution is 2.23. The van der Waals surface area contributed by atoms with Gasteiger partial charge >= 0.3 is 5.97 Å². The Labute approximate surface area is 86.5 Å². The second-order valence-corrected chi connectivity index (χ2v) is 2.62. The lowest BCUT2D eigenvalue weighted by atomic mass is 10.2. The number of phenolic OH excluding ortho intramolecular Hbond substituents is 1. The largest absolute Gasteiger partial charge is 0.507 e. The maximum absolute atomic E-state index is 11.3. The second-order valence-electron chi connectivity index (χ2n) is 2.62. The first-order valence-electron chi connectivity index (χ1n) is 4.10. The van der Waals surface area contributed by atoms with Crippen molar-refractivity contribution in [1.29, 1.82) is 5.26 Å². The van der Waals surface area contributed by atoms with Crippen molar-refractivity contribution in [2.45, 2.75) is 0 Å². The van der Waals surface area contributed by atoms with Crippen molar-refractivity contribution in [1.82, 2.24) is 0 Å². The molecule has 0 aliphatic carbocycles. The molecule has 1 rings (SSSR count). The number of benzene rings is 1. The van der Waals surface area contributed by atoms with Crippen LogP contribution >= 0.6 is 0 Å². The van der Waals surface area contributed by atoms with Gasteiger partial charge in [-0.15, -0.1) is 0 Å². The quantitative estimate of drug-likeness (QED) is 0.750. The molecule has 0 spiro atoms. The fourth-order valence-corrected chi connectivity index (χ4v) is 0.981. The summed E-state index contributed by atoms with van der Waals surface area (Å²) in [5.74, 6) is -0.539. The van der Waals surface area contributed by atoms with Gasteiger partial charge in [0, 0.05) is 0 Å². The lowest BCUT2D eigenvalue weighted by Gasteiger charge is -2.05. The predicted molar refractivity (Wildman–Crippen MR) is 50.6 cm³/mol. The molecule has 0 radical (unpaired) electrons. The van der Waals surface area contributed by atoms with E-state index < -0.39 is 5.97 Å². The van der Waals surface area contributed by atoms with Gasteiger partial charge < -0.3 is 14.6 Å². The van der Waals surface area contributed by atoms with Gasteiger partial charge in [0.05, 0.1) is 7.11 Å². The van der Waals surface area contributed by atoms with E-state index in [9.17, 15) is 9.90 Å². The molecule has 0 aromatic heterocycles. The molecule has 15 heavy (non-hydrogen) atoms. The van der Waals surface area contributed by atoms with E-state index in [1.807, 2.05) is 0 Å². The summed E-state index contributed by atoms with van der Waals surface area (Å²) in [5.41, 5.74) is -0.0235. The Balaban J connectivity index is 2.92. The summed E-state index contributed by atoms with van der Waals surface area (Å²) in [6, 6.07) is 5.83. The highest BCUT2D eigenvalue weighted by molar-refractivity contribution is 5.92. The minimum absolute atomic E-state index is 0.0235. The number of carbonyl (C=O) groups excluding carboxylic acids is 1. The molecule has 1 N–H and O–H groups in total. The Bertz CT molecular complexity index is 408. The fourth-order valence-electron chi connectivity index (χ4n) is 0.981. The predicted octanol–water partition coefficient (Wildman–Crippen LogP) is 1.08. The van der Waals surface area contributed by atoms with Crippen molar-refractivity contribution in [3.05, 3.63) is 23.8 Å². The van der Waals surface area contributed by atoms with Crippen LogP contribution in [0.4, 0.5) is 0 Å². The van der Waals surface area contributed by atoms with Crippen LogP contribution in [0, 0.1) is 11.3 Å². The molecule has 78 valence electrons. The van der Waals surface area contributed by atoms with Crippen molar-refractivity contribution in [2.24, 2.45) is 0 Å². The van der Waals surface area contributed by atoms with E-state index in [1.54, 1.807) is 6.07 Å². The third-order valence-electron chi connectivity index (χ3n) is 1.69. The zero-order valence-corrected chi connectivity index (χ0v) is 8.06. The number of nitrogens with zero attached hydrogens (tertiary/aromatic N) is 1. The van der Waals surface area contributed by atoms with Gasteiger partial charge in [-0.3, -0.25) is 0 Å². The van der Waals surface area contributed by atoms with Crippen LogP contribution in [-0.4, -0.2) is 24.8 Å². The van der Waals surface area contributed by atoms with Gasteiger partial charge in [-0.2, -0.15) is 5.26 Å². The monoisotopic (exact) mass is 207 g/mol. The van der Waals surface area contributed by atoms with E-state index in [0.29, 0.717) is 5.75 Å². The van der Waals surface area contributed by atoms with Crippen molar-refractivity contribution < 1.29 is 19.4 Å². The van der Waals surface area contributed by atoms with E-state index in [4.69, 9.17) is 10.00 Å². The molecule has 0 bridgehead atoms. The minimum atomic E-state index is -0.757. The highest BCUT2D eigenvalue weighted by Gasteiger charge is 2.13. The van der Waals surface area contributed by atoms with Gasteiger partial charge in [0.1, 0.15) is 23.1 Å². The highest BCUT2D eigenvalue weighted by atomic mass is 16.5. The van der Waals surface area contributed by atoms with E-state index in [1.165, 1.54) is 25.3 Å². The summed E-state index contributed by atoms with van der Waals surface area (Å²) in [6.45, 7) is -0.352. The zero-order chi connectivity index (χ0) is 11.3. The van der Waals surface area contributed by atoms with Gasteiger partial charge in [-0.05, 0) is 18.2 Å². The van der Waals surface area contributed by atoms with Crippen LogP contribution < -0.4 is 4.74 Å². The first kappa shape index (κ1) is 10.9. The summed E-state index contributed by atoms with van der Waals surface area (Å²) in [6.07, 6.45) is 0. The molecular formula is C10H9NO4. The number of carbonyl (C=O) groups is 1. The molecule has 5 heteroatoms. The summed E-state index contributed by atoms with van der Waals surface area (Å²) < 4.78 is 9.42. The topological polar surface area (TPSA) is 79.6 Å². The molecule has 1 aromatic carbocycles. The van der Waals surface area contributed by atoms with Gasteiger partial charge in [0.2, 0.25) is 0 Å². The number of nitriles is 1. The normalized spacial score (nSPS) is 9.07. The summed E-state index contributed by atoms with van der Waals surface area (Å²) >= 11 is 0. The number of esters is 1. The van der Waals surface area contributed by atoms with Crippen LogP contribution in [0.25, 0.3) is 0 Å². The Morgan fingerprint density at radius 3 is 2.93 bits per heavy atom.